The summed E-state index contributed by atoms with van der Waals surface area (Å²) in [5.41, 5.74) is 10.8. The number of pyridine rings is 1. The third-order valence-corrected chi connectivity index (χ3v) is 9.88. The average molecular weight is 570 g/mol. The van der Waals surface area contributed by atoms with Gasteiger partial charge in [-0.2, -0.15) is 5.26 Å². The predicted octanol–water partition coefficient (Wildman–Crippen LogP) is 10.4. The van der Waals surface area contributed by atoms with Crippen molar-refractivity contribution in [1.82, 2.24) is 0 Å². The molecular formula is C40H45N2O+. The molecule has 5 aromatic rings. The van der Waals surface area contributed by atoms with E-state index in [4.69, 9.17) is 4.42 Å². The smallest absolute Gasteiger partial charge is 0.216 e. The van der Waals surface area contributed by atoms with Crippen molar-refractivity contribution in [2.24, 2.45) is 24.3 Å². The molecule has 0 aliphatic heterocycles. The molecule has 6 rings (SSSR count). The maximum absolute atomic E-state index is 10.2. The van der Waals surface area contributed by atoms with Gasteiger partial charge in [0, 0.05) is 28.5 Å². The van der Waals surface area contributed by atoms with E-state index in [0.717, 1.165) is 56.7 Å². The van der Waals surface area contributed by atoms with E-state index in [1.807, 2.05) is 6.07 Å². The Balaban J connectivity index is 1.44. The van der Waals surface area contributed by atoms with Crippen molar-refractivity contribution in [2.75, 3.05) is 0 Å². The lowest BCUT2D eigenvalue weighted by Crippen LogP contribution is -2.31. The van der Waals surface area contributed by atoms with Gasteiger partial charge in [0.2, 0.25) is 5.69 Å². The van der Waals surface area contributed by atoms with E-state index >= 15 is 0 Å². The second kappa shape index (κ2) is 11.3. The fourth-order valence-corrected chi connectivity index (χ4v) is 7.38. The monoisotopic (exact) mass is 569 g/mol. The normalized spacial score (nSPS) is 17.6. The highest BCUT2D eigenvalue weighted by Crippen LogP contribution is 2.45. The van der Waals surface area contributed by atoms with Crippen LogP contribution in [0.3, 0.4) is 0 Å². The SMILES string of the molecule is Cc1ccc2c(oc3c(-c4ccc(C5CCC(C(C)(C)C)CC5)cc4)c(C#N)ccc32)c1-c1cc(CC(C)C)cc[n+]1C. The first-order valence-corrected chi connectivity index (χ1v) is 16.0. The van der Waals surface area contributed by atoms with E-state index in [1.54, 1.807) is 0 Å². The summed E-state index contributed by atoms with van der Waals surface area (Å²) in [7, 11) is 2.10. The molecule has 43 heavy (non-hydrogen) atoms. The Hall–Kier alpha value is -3.90. The Morgan fingerprint density at radius 2 is 1.53 bits per heavy atom. The molecule has 0 N–H and O–H groups in total. The maximum Gasteiger partial charge on any atom is 0.216 e. The second-order valence-electron chi connectivity index (χ2n) is 14.4. The van der Waals surface area contributed by atoms with Gasteiger partial charge in [0.15, 0.2) is 6.20 Å². The molecule has 1 aliphatic rings. The van der Waals surface area contributed by atoms with Gasteiger partial charge in [-0.15, -0.1) is 0 Å². The number of hydrogen-bond acceptors (Lipinski definition) is 2. The largest absolute Gasteiger partial charge is 0.454 e. The number of benzene rings is 3. The number of aromatic nitrogens is 1. The zero-order valence-electron chi connectivity index (χ0n) is 26.9. The third-order valence-electron chi connectivity index (χ3n) is 9.88. The molecule has 1 fully saturated rings. The lowest BCUT2D eigenvalue weighted by Gasteiger charge is -2.37. The molecule has 0 unspecified atom stereocenters. The zero-order chi connectivity index (χ0) is 30.5. The highest BCUT2D eigenvalue weighted by Gasteiger charge is 2.30. The van der Waals surface area contributed by atoms with Crippen LogP contribution in [0.25, 0.3) is 44.3 Å². The van der Waals surface area contributed by atoms with E-state index in [0.29, 0.717) is 22.8 Å². The molecule has 220 valence electrons. The molecular weight excluding hydrogens is 524 g/mol. The van der Waals surface area contributed by atoms with Gasteiger partial charge in [0.05, 0.1) is 17.2 Å². The molecule has 1 saturated carbocycles. The van der Waals surface area contributed by atoms with Crippen molar-refractivity contribution in [1.29, 1.82) is 5.26 Å². The Morgan fingerprint density at radius 1 is 0.884 bits per heavy atom. The molecule has 3 aromatic carbocycles. The van der Waals surface area contributed by atoms with E-state index in [-0.39, 0.29) is 0 Å². The first-order chi connectivity index (χ1) is 20.5. The molecule has 3 nitrogen and oxygen atoms in total. The summed E-state index contributed by atoms with van der Waals surface area (Å²) in [6, 6.07) is 24.3. The van der Waals surface area contributed by atoms with Crippen LogP contribution in [-0.2, 0) is 13.5 Å². The van der Waals surface area contributed by atoms with Gasteiger partial charge in [-0.05, 0) is 96.6 Å². The Labute approximate surface area is 257 Å². The van der Waals surface area contributed by atoms with Crippen molar-refractivity contribution in [3.63, 3.8) is 0 Å². The van der Waals surface area contributed by atoms with Gasteiger partial charge in [0.25, 0.3) is 0 Å². The van der Waals surface area contributed by atoms with Crippen molar-refractivity contribution < 1.29 is 8.98 Å². The molecule has 2 aromatic heterocycles. The fraction of sp³-hybridized carbons (Fsp3) is 0.400. The van der Waals surface area contributed by atoms with Gasteiger partial charge >= 0.3 is 0 Å². The molecule has 3 heteroatoms. The van der Waals surface area contributed by atoms with Crippen LogP contribution < -0.4 is 4.57 Å². The number of aryl methyl sites for hydroxylation is 2. The summed E-state index contributed by atoms with van der Waals surface area (Å²) in [4.78, 5) is 0. The molecule has 0 atom stereocenters. The van der Waals surface area contributed by atoms with Gasteiger partial charge in [0.1, 0.15) is 18.2 Å². The van der Waals surface area contributed by atoms with Crippen LogP contribution >= 0.6 is 0 Å². The zero-order valence-corrected chi connectivity index (χ0v) is 26.9. The van der Waals surface area contributed by atoms with Crippen LogP contribution in [0.5, 0.6) is 0 Å². The summed E-state index contributed by atoms with van der Waals surface area (Å²) in [5, 5.41) is 12.3. The number of furan rings is 1. The quantitative estimate of drug-likeness (QED) is 0.198. The topological polar surface area (TPSA) is 40.8 Å². The number of rotatable bonds is 5. The van der Waals surface area contributed by atoms with Crippen molar-refractivity contribution in [2.45, 2.75) is 79.6 Å². The lowest BCUT2D eigenvalue weighted by atomic mass is 9.68. The summed E-state index contributed by atoms with van der Waals surface area (Å²) in [6.45, 7) is 13.8. The molecule has 0 saturated heterocycles. The number of hydrogen-bond donors (Lipinski definition) is 0. The molecule has 2 heterocycles. The van der Waals surface area contributed by atoms with Gasteiger partial charge < -0.3 is 4.42 Å². The first kappa shape index (κ1) is 29.2. The number of nitriles is 1. The predicted molar refractivity (Wildman–Crippen MR) is 178 cm³/mol. The van der Waals surface area contributed by atoms with Crippen LogP contribution in [0.1, 0.15) is 88.5 Å². The number of fused-ring (bicyclic) bond motifs is 3. The second-order valence-corrected chi connectivity index (χ2v) is 14.4. The highest BCUT2D eigenvalue weighted by molar-refractivity contribution is 6.14. The minimum absolute atomic E-state index is 0.389. The summed E-state index contributed by atoms with van der Waals surface area (Å²) in [6.07, 6.45) is 8.29. The molecule has 0 amide bonds. The van der Waals surface area contributed by atoms with Crippen molar-refractivity contribution in [3.8, 4) is 28.5 Å². The first-order valence-electron chi connectivity index (χ1n) is 16.0. The summed E-state index contributed by atoms with van der Waals surface area (Å²) >= 11 is 0. The Bertz CT molecular complexity index is 1840. The minimum Gasteiger partial charge on any atom is -0.454 e. The average Bonchev–Trinajstić information content (AvgIpc) is 3.36. The maximum atomic E-state index is 10.2. The molecule has 1 aliphatic carbocycles. The van der Waals surface area contributed by atoms with Gasteiger partial charge in [-0.3, -0.25) is 0 Å². The van der Waals surface area contributed by atoms with Crippen LogP contribution in [0, 0.1) is 35.5 Å². The summed E-state index contributed by atoms with van der Waals surface area (Å²) < 4.78 is 9.04. The third kappa shape index (κ3) is 5.49. The minimum atomic E-state index is 0.389. The van der Waals surface area contributed by atoms with E-state index < -0.39 is 0 Å². The number of nitrogens with zero attached hydrogens (tertiary/aromatic N) is 2. The van der Waals surface area contributed by atoms with Gasteiger partial charge in [-0.1, -0.05) is 71.0 Å². The molecule has 0 bridgehead atoms. The fourth-order valence-electron chi connectivity index (χ4n) is 7.38. The van der Waals surface area contributed by atoms with E-state index in [2.05, 4.69) is 120 Å². The van der Waals surface area contributed by atoms with Gasteiger partial charge in [-0.25, -0.2) is 4.57 Å². The van der Waals surface area contributed by atoms with Crippen LogP contribution in [0.2, 0.25) is 0 Å². The lowest BCUT2D eigenvalue weighted by molar-refractivity contribution is -0.660. The Kier molecular flexibility index (Phi) is 7.67. The molecule has 0 radical (unpaired) electrons. The van der Waals surface area contributed by atoms with Crippen LogP contribution in [-0.4, -0.2) is 0 Å². The van der Waals surface area contributed by atoms with Crippen molar-refractivity contribution >= 4 is 21.9 Å². The highest BCUT2D eigenvalue weighted by atomic mass is 16.3. The van der Waals surface area contributed by atoms with E-state index in [9.17, 15) is 5.26 Å². The Morgan fingerprint density at radius 3 is 2.16 bits per heavy atom. The van der Waals surface area contributed by atoms with Crippen LogP contribution in [0.15, 0.2) is 71.3 Å². The van der Waals surface area contributed by atoms with Crippen molar-refractivity contribution in [3.05, 3.63) is 89.1 Å². The van der Waals surface area contributed by atoms with Crippen LogP contribution in [0.4, 0.5) is 0 Å². The standard InChI is InChI=1S/C40H45N2O/c1-25(2)22-27-20-21-42(7)35(23-27)36-26(3)8-18-33-34-19-15-31(24-41)37(39(34)43-38(33)36)30-11-9-28(10-12-30)29-13-16-32(17-14-29)40(4,5)6/h8-12,15,18-21,23,25,29,32H,13-14,16-17,22H2,1-7H3/q+1. The summed E-state index contributed by atoms with van der Waals surface area (Å²) in [5.74, 6) is 2.00. The molecule has 0 spiro atoms. The van der Waals surface area contributed by atoms with E-state index in [1.165, 1.54) is 42.4 Å².